The first-order valence-electron chi connectivity index (χ1n) is 5.29. The normalized spacial score (nSPS) is 10.3. The first-order chi connectivity index (χ1) is 8.97. The van der Waals surface area contributed by atoms with E-state index in [9.17, 15) is 9.18 Å². The molecule has 0 unspecified atom stereocenters. The van der Waals surface area contributed by atoms with Crippen molar-refractivity contribution in [1.82, 2.24) is 0 Å². The Balaban J connectivity index is 2.28. The maximum Gasteiger partial charge on any atom is 0.256 e. The van der Waals surface area contributed by atoms with Gasteiger partial charge in [0, 0.05) is 14.6 Å². The molecule has 1 amide bonds. The van der Waals surface area contributed by atoms with E-state index in [0.29, 0.717) is 25.9 Å². The fraction of sp³-hybridized carbons (Fsp3) is 0. The molecule has 6 heteroatoms. The number of hydrogen-bond donors (Lipinski definition) is 2. The number of amides is 1. The molecule has 0 heterocycles. The molecule has 3 N–H and O–H groups in total. The molecule has 0 atom stereocenters. The lowest BCUT2D eigenvalue weighted by atomic mass is 10.2. The molecule has 0 aliphatic rings. The van der Waals surface area contributed by atoms with Gasteiger partial charge in [0.2, 0.25) is 0 Å². The lowest BCUT2D eigenvalue weighted by Gasteiger charge is -2.09. The average molecular weight is 388 g/mol. The molecule has 0 spiro atoms. The number of nitrogens with two attached hydrogens (primary N) is 1. The van der Waals surface area contributed by atoms with E-state index in [1.165, 1.54) is 18.2 Å². The summed E-state index contributed by atoms with van der Waals surface area (Å²) >= 11 is 6.48. The van der Waals surface area contributed by atoms with Crippen LogP contribution in [-0.4, -0.2) is 5.91 Å². The van der Waals surface area contributed by atoms with Gasteiger partial charge in [0.05, 0.1) is 11.3 Å². The maximum absolute atomic E-state index is 13.0. The van der Waals surface area contributed by atoms with Crippen LogP contribution in [0.1, 0.15) is 10.4 Å². The topological polar surface area (TPSA) is 55.1 Å². The highest BCUT2D eigenvalue weighted by Gasteiger charge is 2.12. The van der Waals surface area contributed by atoms with E-state index in [2.05, 4.69) is 37.2 Å². The third kappa shape index (κ3) is 3.33. The van der Waals surface area contributed by atoms with E-state index in [1.807, 2.05) is 0 Å². The number of carbonyl (C=O) groups excluding carboxylic acids is 1. The Kier molecular flexibility index (Phi) is 4.21. The van der Waals surface area contributed by atoms with Gasteiger partial charge in [-0.1, -0.05) is 0 Å². The van der Waals surface area contributed by atoms with Gasteiger partial charge in [-0.25, -0.2) is 4.39 Å². The quantitative estimate of drug-likeness (QED) is 0.759. The van der Waals surface area contributed by atoms with Crippen molar-refractivity contribution in [3.8, 4) is 0 Å². The molecule has 0 aliphatic heterocycles. The number of hydrogen-bond acceptors (Lipinski definition) is 2. The largest absolute Gasteiger partial charge is 0.399 e. The summed E-state index contributed by atoms with van der Waals surface area (Å²) in [5.74, 6) is -0.758. The summed E-state index contributed by atoms with van der Waals surface area (Å²) < 4.78 is 14.1. The molecule has 2 aromatic carbocycles. The van der Waals surface area contributed by atoms with Gasteiger partial charge < -0.3 is 11.1 Å². The van der Waals surface area contributed by atoms with E-state index in [0.717, 1.165) is 0 Å². The number of rotatable bonds is 2. The van der Waals surface area contributed by atoms with Crippen LogP contribution in [0, 0.1) is 5.82 Å². The van der Waals surface area contributed by atoms with E-state index in [1.54, 1.807) is 18.2 Å². The summed E-state index contributed by atoms with van der Waals surface area (Å²) in [5, 5.41) is 2.71. The average Bonchev–Trinajstić information content (AvgIpc) is 2.33. The first-order valence-corrected chi connectivity index (χ1v) is 6.87. The molecule has 0 saturated heterocycles. The fourth-order valence-electron chi connectivity index (χ4n) is 1.50. The van der Waals surface area contributed by atoms with Crippen LogP contribution in [-0.2, 0) is 0 Å². The monoisotopic (exact) mass is 386 g/mol. The van der Waals surface area contributed by atoms with Crippen LogP contribution in [0.4, 0.5) is 15.8 Å². The van der Waals surface area contributed by atoms with Crippen LogP contribution in [0.15, 0.2) is 45.3 Å². The summed E-state index contributed by atoms with van der Waals surface area (Å²) in [6.07, 6.45) is 0. The molecular weight excluding hydrogens is 379 g/mol. The molecule has 98 valence electrons. The van der Waals surface area contributed by atoms with Gasteiger partial charge in [0.15, 0.2) is 0 Å². The number of nitrogen functional groups attached to an aromatic ring is 1. The zero-order valence-electron chi connectivity index (χ0n) is 9.58. The van der Waals surface area contributed by atoms with Gasteiger partial charge in [-0.2, -0.15) is 0 Å². The molecule has 0 aromatic heterocycles. The van der Waals surface area contributed by atoms with Crippen molar-refractivity contribution in [1.29, 1.82) is 0 Å². The summed E-state index contributed by atoms with van der Waals surface area (Å²) in [6.45, 7) is 0. The first kappa shape index (κ1) is 14.0. The highest BCUT2D eigenvalue weighted by atomic mass is 79.9. The van der Waals surface area contributed by atoms with E-state index in [-0.39, 0.29) is 5.91 Å². The Hall–Kier alpha value is -1.40. The molecule has 3 nitrogen and oxygen atoms in total. The van der Waals surface area contributed by atoms with Crippen molar-refractivity contribution in [2.24, 2.45) is 0 Å². The highest BCUT2D eigenvalue weighted by molar-refractivity contribution is 9.11. The van der Waals surface area contributed by atoms with Gasteiger partial charge >= 0.3 is 0 Å². The van der Waals surface area contributed by atoms with E-state index >= 15 is 0 Å². The van der Waals surface area contributed by atoms with E-state index in [4.69, 9.17) is 5.73 Å². The van der Waals surface area contributed by atoms with Crippen LogP contribution in [0.25, 0.3) is 0 Å². The molecule has 0 aliphatic carbocycles. The Bertz CT molecular complexity index is 647. The molecule has 0 fully saturated rings. The lowest BCUT2D eigenvalue weighted by molar-refractivity contribution is 0.102. The van der Waals surface area contributed by atoms with Crippen molar-refractivity contribution >= 4 is 49.1 Å². The summed E-state index contributed by atoms with van der Waals surface area (Å²) in [5.41, 5.74) is 7.10. The van der Waals surface area contributed by atoms with Crippen molar-refractivity contribution < 1.29 is 9.18 Å². The molecule has 0 saturated carbocycles. The number of nitrogens with one attached hydrogen (secondary N) is 1. The number of benzene rings is 2. The smallest absolute Gasteiger partial charge is 0.256 e. The van der Waals surface area contributed by atoms with Crippen molar-refractivity contribution in [3.63, 3.8) is 0 Å². The molecular formula is C13H9Br2FN2O. The van der Waals surface area contributed by atoms with Crippen LogP contribution < -0.4 is 11.1 Å². The predicted molar refractivity (Wildman–Crippen MR) is 80.6 cm³/mol. The summed E-state index contributed by atoms with van der Waals surface area (Å²) in [4.78, 5) is 12.1. The van der Waals surface area contributed by atoms with Gasteiger partial charge in [-0.15, -0.1) is 0 Å². The second-order valence-electron chi connectivity index (χ2n) is 3.82. The second kappa shape index (κ2) is 5.71. The molecule has 2 aromatic rings. The summed E-state index contributed by atoms with van der Waals surface area (Å²) in [6, 6.07) is 8.98. The minimum absolute atomic E-state index is 0.343. The van der Waals surface area contributed by atoms with Gasteiger partial charge in [0.25, 0.3) is 5.91 Å². The van der Waals surface area contributed by atoms with E-state index < -0.39 is 5.82 Å². The minimum atomic E-state index is -0.409. The second-order valence-corrected chi connectivity index (χ2v) is 5.53. The third-order valence-corrected chi connectivity index (χ3v) is 3.76. The summed E-state index contributed by atoms with van der Waals surface area (Å²) in [7, 11) is 0. The van der Waals surface area contributed by atoms with Gasteiger partial charge in [-0.05, 0) is 68.3 Å². The van der Waals surface area contributed by atoms with Gasteiger partial charge in [0.1, 0.15) is 5.82 Å². The molecule has 19 heavy (non-hydrogen) atoms. The van der Waals surface area contributed by atoms with Crippen LogP contribution in [0.5, 0.6) is 0 Å². The molecule has 0 bridgehead atoms. The predicted octanol–water partition coefficient (Wildman–Crippen LogP) is 4.19. The molecule has 2 rings (SSSR count). The molecule has 0 radical (unpaired) electrons. The van der Waals surface area contributed by atoms with Crippen LogP contribution in [0.3, 0.4) is 0 Å². The number of carbonyl (C=O) groups is 1. The Morgan fingerprint density at radius 3 is 2.53 bits per heavy atom. The highest BCUT2D eigenvalue weighted by Crippen LogP contribution is 2.26. The Labute approximate surface area is 126 Å². The zero-order chi connectivity index (χ0) is 14.0. The lowest BCUT2D eigenvalue weighted by Crippen LogP contribution is -2.13. The Morgan fingerprint density at radius 2 is 1.84 bits per heavy atom. The fourth-order valence-corrected chi connectivity index (χ4v) is 2.38. The van der Waals surface area contributed by atoms with Gasteiger partial charge in [-0.3, -0.25) is 4.79 Å². The number of halogens is 3. The standard InChI is InChI=1S/C13H9Br2FN2O/c14-10-4-2-8(17)6-12(10)18-13(19)9-3-1-7(16)5-11(9)15/h1-6H,17H2,(H,18,19). The SMILES string of the molecule is Nc1ccc(Br)c(NC(=O)c2ccc(F)cc2Br)c1. The number of anilines is 2. The zero-order valence-corrected chi connectivity index (χ0v) is 12.8. The third-order valence-electron chi connectivity index (χ3n) is 2.41. The Morgan fingerprint density at radius 1 is 1.11 bits per heavy atom. The maximum atomic E-state index is 13.0. The van der Waals surface area contributed by atoms with Crippen molar-refractivity contribution in [2.75, 3.05) is 11.1 Å². The minimum Gasteiger partial charge on any atom is -0.399 e. The van der Waals surface area contributed by atoms with Crippen molar-refractivity contribution in [2.45, 2.75) is 0 Å². The van der Waals surface area contributed by atoms with Crippen LogP contribution in [0.2, 0.25) is 0 Å². The van der Waals surface area contributed by atoms with Crippen molar-refractivity contribution in [3.05, 3.63) is 56.7 Å². The van der Waals surface area contributed by atoms with Crippen LogP contribution >= 0.6 is 31.9 Å².